The third-order valence-electron chi connectivity index (χ3n) is 10.1. The highest BCUT2D eigenvalue weighted by atomic mass is 19.1. The van der Waals surface area contributed by atoms with Crippen molar-refractivity contribution >= 4 is 29.4 Å². The average molecular weight is 706 g/mol. The summed E-state index contributed by atoms with van der Waals surface area (Å²) in [7, 11) is 8.36. The molecular weight excluding hydrogens is 645 g/mol. The van der Waals surface area contributed by atoms with Gasteiger partial charge in [-0.25, -0.2) is 4.39 Å². The molecule has 0 saturated carbocycles. The van der Waals surface area contributed by atoms with Gasteiger partial charge in [-0.05, 0) is 69.5 Å². The number of amides is 4. The van der Waals surface area contributed by atoms with Gasteiger partial charge in [-0.1, -0.05) is 41.0 Å². The maximum atomic E-state index is 13.9. The number of aryl methyl sites for hydroxylation is 1. The summed E-state index contributed by atoms with van der Waals surface area (Å²) in [5.74, 6) is -2.51. The van der Waals surface area contributed by atoms with E-state index < -0.39 is 35.9 Å². The van der Waals surface area contributed by atoms with E-state index in [4.69, 9.17) is 9.47 Å². The standard InChI is InChI=1S/C37H60FN5O7/c1-12-23(4)34(42(9)32(46)21-40-37(48)33(22(2)3)41(7)8)30(49-10)19-31(45)43-17-13-14-28(43)35(50-11)25(6)36(47)39-20-29(44)27-16-15-26(38)18-24(27)5/h15-16,18,22-23,25,28,30,33-35H,12-14,17,19-21H2,1-11H3,(H,39,47)(H,40,48)/t23-,25?,28?,30?,33?,34?,35?/m0/s1. The number of rotatable bonds is 19. The van der Waals surface area contributed by atoms with Crippen LogP contribution in [0.2, 0.25) is 0 Å². The third kappa shape index (κ3) is 11.0. The van der Waals surface area contributed by atoms with Gasteiger partial charge in [0.25, 0.3) is 0 Å². The lowest BCUT2D eigenvalue weighted by Crippen LogP contribution is -2.55. The largest absolute Gasteiger partial charge is 0.379 e. The molecule has 1 saturated heterocycles. The number of nitrogens with one attached hydrogen (secondary N) is 2. The molecule has 2 rings (SSSR count). The molecule has 1 aliphatic rings. The van der Waals surface area contributed by atoms with Crippen molar-refractivity contribution in [2.75, 3.05) is 55.0 Å². The van der Waals surface area contributed by atoms with Crippen molar-refractivity contribution in [3.63, 3.8) is 0 Å². The minimum atomic E-state index is -0.687. The number of likely N-dealkylation sites (N-methyl/N-ethyl adjacent to an activating group) is 2. The lowest BCUT2D eigenvalue weighted by Gasteiger charge is -2.39. The number of halogens is 1. The summed E-state index contributed by atoms with van der Waals surface area (Å²) in [5.41, 5.74) is 0.819. The van der Waals surface area contributed by atoms with Crippen molar-refractivity contribution in [2.24, 2.45) is 17.8 Å². The Labute approximate surface area is 297 Å². The van der Waals surface area contributed by atoms with Gasteiger partial charge in [0, 0.05) is 33.4 Å². The predicted octanol–water partition coefficient (Wildman–Crippen LogP) is 3.06. The van der Waals surface area contributed by atoms with Crippen LogP contribution in [-0.4, -0.2) is 129 Å². The van der Waals surface area contributed by atoms with Crippen molar-refractivity contribution in [3.05, 3.63) is 35.1 Å². The van der Waals surface area contributed by atoms with E-state index in [1.54, 1.807) is 30.7 Å². The second kappa shape index (κ2) is 19.8. The summed E-state index contributed by atoms with van der Waals surface area (Å²) in [6.45, 7) is 11.3. The normalized spacial score (nSPS) is 18.3. The van der Waals surface area contributed by atoms with Crippen molar-refractivity contribution < 1.29 is 37.8 Å². The van der Waals surface area contributed by atoms with Crippen LogP contribution in [0.15, 0.2) is 18.2 Å². The summed E-state index contributed by atoms with van der Waals surface area (Å²) in [6.07, 6.45) is 0.820. The van der Waals surface area contributed by atoms with Crippen molar-refractivity contribution in [1.82, 2.24) is 25.3 Å². The number of hydrogen-bond donors (Lipinski definition) is 2. The van der Waals surface area contributed by atoms with Gasteiger partial charge in [0.1, 0.15) is 5.82 Å². The highest BCUT2D eigenvalue weighted by Crippen LogP contribution is 2.29. The Morgan fingerprint density at radius 3 is 2.16 bits per heavy atom. The zero-order valence-electron chi connectivity index (χ0n) is 31.9. The minimum Gasteiger partial charge on any atom is -0.379 e. The van der Waals surface area contributed by atoms with Crippen molar-refractivity contribution in [2.45, 2.75) is 97.6 Å². The first-order valence-electron chi connectivity index (χ1n) is 17.6. The highest BCUT2D eigenvalue weighted by molar-refractivity contribution is 6.00. The second-order valence-corrected chi connectivity index (χ2v) is 14.1. The average Bonchev–Trinajstić information content (AvgIpc) is 3.54. The summed E-state index contributed by atoms with van der Waals surface area (Å²) < 4.78 is 25.2. The smallest absolute Gasteiger partial charge is 0.242 e. The van der Waals surface area contributed by atoms with Crippen LogP contribution in [0.5, 0.6) is 0 Å². The maximum Gasteiger partial charge on any atom is 0.242 e. The third-order valence-corrected chi connectivity index (χ3v) is 10.1. The molecule has 282 valence electrons. The molecule has 2 N–H and O–H groups in total. The number of Topliss-reactive ketones (excluding diaryl/α,β-unsaturated/α-hetero) is 1. The number of benzene rings is 1. The van der Waals surface area contributed by atoms with E-state index in [0.717, 1.165) is 12.8 Å². The summed E-state index contributed by atoms with van der Waals surface area (Å²) >= 11 is 0. The van der Waals surface area contributed by atoms with E-state index in [1.807, 2.05) is 46.7 Å². The van der Waals surface area contributed by atoms with Crippen LogP contribution < -0.4 is 10.6 Å². The number of likely N-dealkylation sites (tertiary alicyclic amines) is 1. The van der Waals surface area contributed by atoms with Gasteiger partial charge in [-0.2, -0.15) is 0 Å². The molecule has 6 unspecified atom stereocenters. The molecule has 1 aromatic rings. The molecule has 1 aliphatic heterocycles. The van der Waals surface area contributed by atoms with Gasteiger partial charge in [-0.3, -0.25) is 28.9 Å². The zero-order valence-corrected chi connectivity index (χ0v) is 31.9. The van der Waals surface area contributed by atoms with Crippen molar-refractivity contribution in [1.29, 1.82) is 0 Å². The summed E-state index contributed by atoms with van der Waals surface area (Å²) in [4.78, 5) is 71.4. The van der Waals surface area contributed by atoms with Gasteiger partial charge in [0.05, 0.1) is 55.8 Å². The summed E-state index contributed by atoms with van der Waals surface area (Å²) in [6, 6.07) is 2.67. The zero-order chi connectivity index (χ0) is 37.9. The minimum absolute atomic E-state index is 0.00454. The van der Waals surface area contributed by atoms with E-state index >= 15 is 0 Å². The van der Waals surface area contributed by atoms with E-state index in [0.29, 0.717) is 24.1 Å². The number of carbonyl (C=O) groups excluding carboxylic acids is 5. The molecule has 13 heteroatoms. The fourth-order valence-electron chi connectivity index (χ4n) is 7.21. The van der Waals surface area contributed by atoms with E-state index in [2.05, 4.69) is 10.6 Å². The summed E-state index contributed by atoms with van der Waals surface area (Å²) in [5, 5.41) is 5.47. The molecule has 50 heavy (non-hydrogen) atoms. The first kappa shape index (κ1) is 42.7. The van der Waals surface area contributed by atoms with Gasteiger partial charge < -0.3 is 29.9 Å². The van der Waals surface area contributed by atoms with Crippen LogP contribution in [-0.2, 0) is 28.7 Å². The number of ether oxygens (including phenoxy) is 2. The molecule has 0 spiro atoms. The number of nitrogens with zero attached hydrogens (tertiary/aromatic N) is 3. The van der Waals surface area contributed by atoms with E-state index in [9.17, 15) is 28.4 Å². The predicted molar refractivity (Wildman–Crippen MR) is 190 cm³/mol. The molecule has 1 heterocycles. The molecule has 4 amide bonds. The molecule has 12 nitrogen and oxygen atoms in total. The molecule has 7 atom stereocenters. The van der Waals surface area contributed by atoms with Crippen LogP contribution in [0, 0.1) is 30.5 Å². The van der Waals surface area contributed by atoms with Gasteiger partial charge in [0.2, 0.25) is 23.6 Å². The molecule has 0 bridgehead atoms. The van der Waals surface area contributed by atoms with Gasteiger partial charge in [-0.15, -0.1) is 0 Å². The lowest BCUT2D eigenvalue weighted by molar-refractivity contribution is -0.145. The molecule has 1 aromatic carbocycles. The Bertz CT molecular complexity index is 1320. The quantitative estimate of drug-likeness (QED) is 0.210. The van der Waals surface area contributed by atoms with E-state index in [1.165, 1.54) is 32.4 Å². The molecular formula is C37H60FN5O7. The van der Waals surface area contributed by atoms with Crippen molar-refractivity contribution in [3.8, 4) is 0 Å². The SMILES string of the molecule is CC[C@H](C)C(C(CC(=O)N1CCCC1C(OC)C(C)C(=O)NCC(=O)c1ccc(F)cc1C)OC)N(C)C(=O)CNC(=O)C(C(C)C)N(C)C. The Morgan fingerprint density at radius 2 is 1.62 bits per heavy atom. The Hall–Kier alpha value is -3.42. The van der Waals surface area contributed by atoms with Gasteiger partial charge in [0.15, 0.2) is 5.78 Å². The lowest BCUT2D eigenvalue weighted by atomic mass is 9.90. The fourth-order valence-corrected chi connectivity index (χ4v) is 7.21. The molecule has 0 radical (unpaired) electrons. The first-order chi connectivity index (χ1) is 23.5. The number of methoxy groups -OCH3 is 2. The van der Waals surface area contributed by atoms with Crippen LogP contribution in [0.4, 0.5) is 4.39 Å². The number of carbonyl (C=O) groups is 5. The Kier molecular flexibility index (Phi) is 17.0. The number of ketones is 1. The highest BCUT2D eigenvalue weighted by Gasteiger charge is 2.42. The molecule has 0 aliphatic carbocycles. The Morgan fingerprint density at radius 1 is 0.980 bits per heavy atom. The van der Waals surface area contributed by atoms with Crippen LogP contribution >= 0.6 is 0 Å². The second-order valence-electron chi connectivity index (χ2n) is 14.1. The fraction of sp³-hybridized carbons (Fsp3) is 0.703. The molecule has 0 aromatic heterocycles. The number of hydrogen-bond acceptors (Lipinski definition) is 8. The monoisotopic (exact) mass is 705 g/mol. The first-order valence-corrected chi connectivity index (χ1v) is 17.6. The van der Waals surface area contributed by atoms with E-state index in [-0.39, 0.29) is 66.9 Å². The van der Waals surface area contributed by atoms with Gasteiger partial charge >= 0.3 is 0 Å². The topological polar surface area (TPSA) is 138 Å². The Balaban J connectivity index is 2.13. The van der Waals surface area contributed by atoms with Crippen LogP contribution in [0.25, 0.3) is 0 Å². The maximum absolute atomic E-state index is 13.9. The van der Waals surface area contributed by atoms with Crippen LogP contribution in [0.3, 0.4) is 0 Å². The molecule has 1 fully saturated rings. The van der Waals surface area contributed by atoms with Crippen LogP contribution in [0.1, 0.15) is 76.2 Å².